The molecule has 1 aromatic rings. The average molecular weight is 267 g/mol. The molecule has 1 aromatic heterocycles. The second-order valence-corrected chi connectivity index (χ2v) is 4.93. The van der Waals surface area contributed by atoms with E-state index in [9.17, 15) is 0 Å². The summed E-state index contributed by atoms with van der Waals surface area (Å²) in [4.78, 5) is 4.57. The Morgan fingerprint density at radius 1 is 1.47 bits per heavy atom. The number of ether oxygens (including phenoxy) is 2. The first-order valence-corrected chi connectivity index (χ1v) is 7.26. The minimum atomic E-state index is 0.518. The molecule has 1 saturated heterocycles. The number of anilines is 1. The van der Waals surface area contributed by atoms with Gasteiger partial charge in [0, 0.05) is 45.2 Å². The van der Waals surface area contributed by atoms with Gasteiger partial charge < -0.3 is 19.4 Å². The first kappa shape index (κ1) is 14.3. The molecular formula is C14H25N3O2. The Balaban J connectivity index is 1.88. The van der Waals surface area contributed by atoms with E-state index in [1.807, 2.05) is 13.8 Å². The zero-order valence-electron chi connectivity index (χ0n) is 12.0. The lowest BCUT2D eigenvalue weighted by Gasteiger charge is -2.25. The molecule has 0 aromatic carbocycles. The van der Waals surface area contributed by atoms with Crippen molar-refractivity contribution in [3.8, 4) is 0 Å². The Morgan fingerprint density at radius 3 is 3.00 bits per heavy atom. The summed E-state index contributed by atoms with van der Waals surface area (Å²) < 4.78 is 13.0. The number of imidazole rings is 1. The topological polar surface area (TPSA) is 48.3 Å². The first-order valence-electron chi connectivity index (χ1n) is 7.26. The smallest absolute Gasteiger partial charge is 0.203 e. The molecule has 0 amide bonds. The van der Waals surface area contributed by atoms with Crippen LogP contribution in [-0.2, 0) is 9.47 Å². The van der Waals surface area contributed by atoms with Gasteiger partial charge in [0.25, 0.3) is 0 Å². The van der Waals surface area contributed by atoms with Crippen molar-refractivity contribution in [2.75, 3.05) is 38.3 Å². The van der Waals surface area contributed by atoms with Gasteiger partial charge in [-0.05, 0) is 33.1 Å². The van der Waals surface area contributed by atoms with Gasteiger partial charge in [0.05, 0.1) is 5.69 Å². The van der Waals surface area contributed by atoms with E-state index in [1.54, 1.807) is 0 Å². The summed E-state index contributed by atoms with van der Waals surface area (Å²) in [5, 5.41) is 3.42. The standard InChI is InChI=1S/C14H25N3O2/c1-3-18-8-4-7-15-14-16-12(2)11-17(14)13-5-9-19-10-6-13/h11,13H,3-10H2,1-2H3,(H,15,16). The molecule has 0 radical (unpaired) electrons. The third-order valence-electron chi connectivity index (χ3n) is 3.39. The number of hydrogen-bond donors (Lipinski definition) is 1. The second kappa shape index (κ2) is 7.50. The number of aromatic nitrogens is 2. The lowest BCUT2D eigenvalue weighted by atomic mass is 10.1. The Morgan fingerprint density at radius 2 is 2.26 bits per heavy atom. The highest BCUT2D eigenvalue weighted by molar-refractivity contribution is 5.29. The van der Waals surface area contributed by atoms with Crippen molar-refractivity contribution in [3.63, 3.8) is 0 Å². The molecule has 0 aliphatic carbocycles. The van der Waals surface area contributed by atoms with Crippen LogP contribution < -0.4 is 5.32 Å². The van der Waals surface area contributed by atoms with Crippen LogP contribution in [0.1, 0.15) is 37.9 Å². The number of nitrogens with zero attached hydrogens (tertiary/aromatic N) is 2. The van der Waals surface area contributed by atoms with Crippen molar-refractivity contribution >= 4 is 5.95 Å². The van der Waals surface area contributed by atoms with Crippen molar-refractivity contribution in [1.29, 1.82) is 0 Å². The van der Waals surface area contributed by atoms with Gasteiger partial charge in [-0.3, -0.25) is 0 Å². The maximum Gasteiger partial charge on any atom is 0.203 e. The van der Waals surface area contributed by atoms with Crippen LogP contribution in [0.5, 0.6) is 0 Å². The second-order valence-electron chi connectivity index (χ2n) is 4.93. The molecular weight excluding hydrogens is 242 g/mol. The third-order valence-corrected chi connectivity index (χ3v) is 3.39. The zero-order valence-corrected chi connectivity index (χ0v) is 12.0. The predicted molar refractivity (Wildman–Crippen MR) is 75.7 cm³/mol. The van der Waals surface area contributed by atoms with Gasteiger partial charge >= 0.3 is 0 Å². The van der Waals surface area contributed by atoms with E-state index in [1.165, 1.54) is 0 Å². The van der Waals surface area contributed by atoms with E-state index >= 15 is 0 Å². The van der Waals surface area contributed by atoms with Crippen LogP contribution >= 0.6 is 0 Å². The maximum atomic E-state index is 5.42. The van der Waals surface area contributed by atoms with Gasteiger partial charge in [-0.15, -0.1) is 0 Å². The van der Waals surface area contributed by atoms with Crippen LogP contribution in [0.15, 0.2) is 6.20 Å². The van der Waals surface area contributed by atoms with Gasteiger partial charge in [-0.2, -0.15) is 0 Å². The minimum absolute atomic E-state index is 0.518. The molecule has 5 heteroatoms. The van der Waals surface area contributed by atoms with Crippen molar-refractivity contribution < 1.29 is 9.47 Å². The quantitative estimate of drug-likeness (QED) is 0.771. The Labute approximate surface area is 115 Å². The summed E-state index contributed by atoms with van der Waals surface area (Å²) in [6.07, 6.45) is 5.29. The third kappa shape index (κ3) is 4.21. The molecule has 1 fully saturated rings. The van der Waals surface area contributed by atoms with Crippen molar-refractivity contribution in [3.05, 3.63) is 11.9 Å². The highest BCUT2D eigenvalue weighted by atomic mass is 16.5. The first-order chi connectivity index (χ1) is 9.31. The van der Waals surface area contributed by atoms with Crippen LogP contribution in [-0.4, -0.2) is 42.5 Å². The monoisotopic (exact) mass is 267 g/mol. The van der Waals surface area contributed by atoms with E-state index < -0.39 is 0 Å². The summed E-state index contributed by atoms with van der Waals surface area (Å²) in [6.45, 7) is 8.27. The van der Waals surface area contributed by atoms with Crippen LogP contribution in [0.3, 0.4) is 0 Å². The average Bonchev–Trinajstić information content (AvgIpc) is 2.81. The summed E-state index contributed by atoms with van der Waals surface area (Å²) in [5.74, 6) is 0.987. The van der Waals surface area contributed by atoms with Crippen molar-refractivity contribution in [1.82, 2.24) is 9.55 Å². The molecule has 108 valence electrons. The van der Waals surface area contributed by atoms with Gasteiger partial charge in [0.15, 0.2) is 0 Å². The normalized spacial score (nSPS) is 16.7. The van der Waals surface area contributed by atoms with Crippen LogP contribution in [0, 0.1) is 6.92 Å². The summed E-state index contributed by atoms with van der Waals surface area (Å²) in [6, 6.07) is 0.518. The predicted octanol–water partition coefficient (Wildman–Crippen LogP) is 2.38. The van der Waals surface area contributed by atoms with E-state index in [-0.39, 0.29) is 0 Å². The molecule has 0 spiro atoms. The molecule has 1 aliphatic heterocycles. The Hall–Kier alpha value is -1.07. The molecule has 2 heterocycles. The van der Waals surface area contributed by atoms with E-state index in [0.717, 1.165) is 63.9 Å². The lowest BCUT2D eigenvalue weighted by molar-refractivity contribution is 0.0700. The molecule has 1 aliphatic rings. The molecule has 1 N–H and O–H groups in total. The maximum absolute atomic E-state index is 5.42. The molecule has 0 saturated carbocycles. The Bertz CT molecular complexity index is 373. The van der Waals surface area contributed by atoms with Gasteiger partial charge in [0.2, 0.25) is 5.95 Å². The SMILES string of the molecule is CCOCCCNc1nc(C)cn1C1CCOCC1. The molecule has 19 heavy (non-hydrogen) atoms. The summed E-state index contributed by atoms with van der Waals surface area (Å²) in [7, 11) is 0. The van der Waals surface area contributed by atoms with Crippen molar-refractivity contribution in [2.45, 2.75) is 39.2 Å². The number of nitrogens with one attached hydrogen (secondary N) is 1. The van der Waals surface area contributed by atoms with Crippen LogP contribution in [0.4, 0.5) is 5.95 Å². The minimum Gasteiger partial charge on any atom is -0.382 e. The highest BCUT2D eigenvalue weighted by Crippen LogP contribution is 2.25. The molecule has 5 nitrogen and oxygen atoms in total. The highest BCUT2D eigenvalue weighted by Gasteiger charge is 2.18. The Kier molecular flexibility index (Phi) is 5.66. The van der Waals surface area contributed by atoms with E-state index in [4.69, 9.17) is 9.47 Å². The van der Waals surface area contributed by atoms with Gasteiger partial charge in [-0.1, -0.05) is 0 Å². The van der Waals surface area contributed by atoms with E-state index in [2.05, 4.69) is 21.1 Å². The van der Waals surface area contributed by atoms with Gasteiger partial charge in [0.1, 0.15) is 0 Å². The van der Waals surface area contributed by atoms with Crippen LogP contribution in [0.25, 0.3) is 0 Å². The van der Waals surface area contributed by atoms with Gasteiger partial charge in [-0.25, -0.2) is 4.98 Å². The lowest BCUT2D eigenvalue weighted by Crippen LogP contribution is -2.21. The molecule has 0 atom stereocenters. The number of rotatable bonds is 7. The molecule has 0 bridgehead atoms. The zero-order chi connectivity index (χ0) is 13.5. The largest absolute Gasteiger partial charge is 0.382 e. The van der Waals surface area contributed by atoms with Crippen molar-refractivity contribution in [2.24, 2.45) is 0 Å². The fraction of sp³-hybridized carbons (Fsp3) is 0.786. The fourth-order valence-electron chi connectivity index (χ4n) is 2.41. The summed E-state index contributed by atoms with van der Waals surface area (Å²) >= 11 is 0. The number of hydrogen-bond acceptors (Lipinski definition) is 4. The fourth-order valence-corrected chi connectivity index (χ4v) is 2.41. The van der Waals surface area contributed by atoms with E-state index in [0.29, 0.717) is 6.04 Å². The van der Waals surface area contributed by atoms with Crippen LogP contribution in [0.2, 0.25) is 0 Å². The molecule has 2 rings (SSSR count). The summed E-state index contributed by atoms with van der Waals surface area (Å²) in [5.41, 5.74) is 1.07. The molecule has 0 unspecified atom stereocenters. The number of aryl methyl sites for hydroxylation is 1.